The van der Waals surface area contributed by atoms with Crippen LogP contribution in [0.1, 0.15) is 6.92 Å². The van der Waals surface area contributed by atoms with Crippen molar-refractivity contribution in [3.05, 3.63) is 67.3 Å². The Balaban J connectivity index is 2.14. The van der Waals surface area contributed by atoms with E-state index in [1.165, 1.54) is 25.1 Å². The molecule has 0 spiro atoms. The van der Waals surface area contributed by atoms with Gasteiger partial charge in [-0.05, 0) is 30.3 Å². The van der Waals surface area contributed by atoms with Crippen LogP contribution in [0, 0.1) is 0 Å². The maximum absolute atomic E-state index is 12.7. The van der Waals surface area contributed by atoms with Gasteiger partial charge in [0, 0.05) is 24.8 Å². The topological polar surface area (TPSA) is 95.6 Å². The summed E-state index contributed by atoms with van der Waals surface area (Å²) in [6.45, 7) is 4.57. The predicted octanol–water partition coefficient (Wildman–Crippen LogP) is 2.46. The molecular weight excluding hydrogens is 366 g/mol. The average molecular weight is 387 g/mol. The van der Waals surface area contributed by atoms with E-state index >= 15 is 0 Å². The molecule has 0 bridgehead atoms. The zero-order valence-corrected chi connectivity index (χ0v) is 15.7. The fourth-order valence-electron chi connectivity index (χ4n) is 2.37. The monoisotopic (exact) mass is 387 g/mol. The van der Waals surface area contributed by atoms with Crippen LogP contribution in [0.5, 0.6) is 0 Å². The molecule has 8 heteroatoms. The van der Waals surface area contributed by atoms with Crippen molar-refractivity contribution < 1.29 is 18.0 Å². The molecule has 7 nitrogen and oxygen atoms in total. The lowest BCUT2D eigenvalue weighted by Crippen LogP contribution is -2.38. The minimum atomic E-state index is -3.83. The number of anilines is 2. The van der Waals surface area contributed by atoms with Crippen LogP contribution >= 0.6 is 0 Å². The lowest BCUT2D eigenvalue weighted by atomic mass is 10.2. The van der Waals surface area contributed by atoms with Gasteiger partial charge in [0.25, 0.3) is 0 Å². The quantitative estimate of drug-likeness (QED) is 0.680. The molecule has 2 aromatic rings. The Hall–Kier alpha value is -2.97. The maximum atomic E-state index is 12.7. The first kappa shape index (κ1) is 20.3. The van der Waals surface area contributed by atoms with Crippen molar-refractivity contribution in [2.24, 2.45) is 0 Å². The molecular formula is C19H21N3O4S. The predicted molar refractivity (Wildman–Crippen MR) is 105 cm³/mol. The van der Waals surface area contributed by atoms with Crippen LogP contribution in [0.25, 0.3) is 0 Å². The molecule has 27 heavy (non-hydrogen) atoms. The van der Waals surface area contributed by atoms with E-state index in [-0.39, 0.29) is 23.9 Å². The molecule has 0 aliphatic carbocycles. The number of hydrogen-bond acceptors (Lipinski definition) is 4. The van der Waals surface area contributed by atoms with E-state index in [1.54, 1.807) is 42.5 Å². The second-order valence-electron chi connectivity index (χ2n) is 5.71. The molecule has 2 rings (SSSR count). The Morgan fingerprint density at radius 2 is 1.67 bits per heavy atom. The summed E-state index contributed by atoms with van der Waals surface area (Å²) in [7, 11) is -3.83. The second kappa shape index (κ2) is 9.11. The largest absolute Gasteiger partial charge is 0.326 e. The summed E-state index contributed by atoms with van der Waals surface area (Å²) in [5, 5.41) is 5.25. The van der Waals surface area contributed by atoms with E-state index in [1.807, 2.05) is 0 Å². The van der Waals surface area contributed by atoms with Crippen molar-refractivity contribution in [2.75, 3.05) is 23.7 Å². The van der Waals surface area contributed by atoms with Crippen LogP contribution in [-0.2, 0) is 19.6 Å². The van der Waals surface area contributed by atoms with Gasteiger partial charge < -0.3 is 10.6 Å². The highest BCUT2D eigenvalue weighted by molar-refractivity contribution is 7.89. The highest BCUT2D eigenvalue weighted by atomic mass is 32.2. The molecule has 0 heterocycles. The summed E-state index contributed by atoms with van der Waals surface area (Å²) in [5.41, 5.74) is 0.974. The number of amides is 2. The SMILES string of the molecule is C=CCN(CC(=O)Nc1cccc(NC(C)=O)c1)S(=O)(=O)c1ccccc1. The van der Waals surface area contributed by atoms with Crippen LogP contribution in [-0.4, -0.2) is 37.6 Å². The Morgan fingerprint density at radius 1 is 1.04 bits per heavy atom. The van der Waals surface area contributed by atoms with Gasteiger partial charge in [-0.1, -0.05) is 30.3 Å². The summed E-state index contributed by atoms with van der Waals surface area (Å²) < 4.78 is 26.5. The molecule has 0 saturated heterocycles. The van der Waals surface area contributed by atoms with Crippen molar-refractivity contribution in [3.63, 3.8) is 0 Å². The first-order valence-corrected chi connectivity index (χ1v) is 9.60. The number of carbonyl (C=O) groups is 2. The van der Waals surface area contributed by atoms with Crippen molar-refractivity contribution in [1.29, 1.82) is 0 Å². The fourth-order valence-corrected chi connectivity index (χ4v) is 3.76. The maximum Gasteiger partial charge on any atom is 0.243 e. The molecule has 0 aliphatic heterocycles. The molecule has 0 saturated carbocycles. The molecule has 2 amide bonds. The van der Waals surface area contributed by atoms with E-state index in [4.69, 9.17) is 0 Å². The molecule has 0 unspecified atom stereocenters. The second-order valence-corrected chi connectivity index (χ2v) is 7.65. The first-order valence-electron chi connectivity index (χ1n) is 8.16. The minimum absolute atomic E-state index is 0.00339. The Morgan fingerprint density at radius 3 is 2.26 bits per heavy atom. The van der Waals surface area contributed by atoms with Gasteiger partial charge in [-0.25, -0.2) is 8.42 Å². The van der Waals surface area contributed by atoms with Crippen molar-refractivity contribution in [1.82, 2.24) is 4.31 Å². The van der Waals surface area contributed by atoms with Gasteiger partial charge >= 0.3 is 0 Å². The van der Waals surface area contributed by atoms with Crippen LogP contribution in [0.2, 0.25) is 0 Å². The number of benzene rings is 2. The lowest BCUT2D eigenvalue weighted by Gasteiger charge is -2.20. The molecule has 0 radical (unpaired) electrons. The average Bonchev–Trinajstić information content (AvgIpc) is 2.62. The Kier molecular flexibility index (Phi) is 6.86. The van der Waals surface area contributed by atoms with Gasteiger partial charge in [0.1, 0.15) is 0 Å². The third-order valence-corrected chi connectivity index (χ3v) is 5.33. The number of carbonyl (C=O) groups excluding carboxylic acids is 2. The number of nitrogens with one attached hydrogen (secondary N) is 2. The van der Waals surface area contributed by atoms with E-state index in [0.29, 0.717) is 11.4 Å². The molecule has 142 valence electrons. The summed E-state index contributed by atoms with van der Waals surface area (Å²) in [6, 6.07) is 14.5. The molecule has 0 atom stereocenters. The summed E-state index contributed by atoms with van der Waals surface area (Å²) >= 11 is 0. The van der Waals surface area contributed by atoms with Gasteiger partial charge in [-0.2, -0.15) is 4.31 Å². The van der Waals surface area contributed by atoms with Gasteiger partial charge in [-0.3, -0.25) is 9.59 Å². The highest BCUT2D eigenvalue weighted by Crippen LogP contribution is 2.17. The molecule has 2 N–H and O–H groups in total. The smallest absolute Gasteiger partial charge is 0.243 e. The number of nitrogens with zero attached hydrogens (tertiary/aromatic N) is 1. The van der Waals surface area contributed by atoms with E-state index in [0.717, 1.165) is 4.31 Å². The minimum Gasteiger partial charge on any atom is -0.326 e. The summed E-state index contributed by atoms with van der Waals surface area (Å²) in [6.07, 6.45) is 1.42. The standard InChI is InChI=1S/C19H21N3O4S/c1-3-12-22(27(25,26)18-10-5-4-6-11-18)14-19(24)21-17-9-7-8-16(13-17)20-15(2)23/h3-11,13H,1,12,14H2,2H3,(H,20,23)(H,21,24). The summed E-state index contributed by atoms with van der Waals surface area (Å²) in [5.74, 6) is -0.735. The van der Waals surface area contributed by atoms with Crippen LogP contribution in [0.3, 0.4) is 0 Å². The summed E-state index contributed by atoms with van der Waals surface area (Å²) in [4.78, 5) is 23.6. The van der Waals surface area contributed by atoms with Gasteiger partial charge in [0.15, 0.2) is 0 Å². The molecule has 2 aromatic carbocycles. The van der Waals surface area contributed by atoms with Gasteiger partial charge in [0.2, 0.25) is 21.8 Å². The number of sulfonamides is 1. The Bertz CT molecular complexity index is 927. The van der Waals surface area contributed by atoms with Crippen LogP contribution in [0.4, 0.5) is 11.4 Å². The third kappa shape index (κ3) is 5.77. The highest BCUT2D eigenvalue weighted by Gasteiger charge is 2.25. The zero-order chi connectivity index (χ0) is 19.9. The number of hydrogen-bond donors (Lipinski definition) is 2. The van der Waals surface area contributed by atoms with Crippen molar-refractivity contribution in [2.45, 2.75) is 11.8 Å². The van der Waals surface area contributed by atoms with Crippen molar-refractivity contribution >= 4 is 33.2 Å². The zero-order valence-electron chi connectivity index (χ0n) is 14.9. The fraction of sp³-hybridized carbons (Fsp3) is 0.158. The van der Waals surface area contributed by atoms with E-state index in [9.17, 15) is 18.0 Å². The van der Waals surface area contributed by atoms with Crippen LogP contribution in [0.15, 0.2) is 72.1 Å². The number of rotatable bonds is 8. The van der Waals surface area contributed by atoms with E-state index < -0.39 is 15.9 Å². The van der Waals surface area contributed by atoms with Gasteiger partial charge in [0.05, 0.1) is 11.4 Å². The third-order valence-electron chi connectivity index (χ3n) is 3.50. The molecule has 0 aliphatic rings. The first-order chi connectivity index (χ1) is 12.8. The Labute approximate surface area is 158 Å². The normalized spacial score (nSPS) is 11.0. The molecule has 0 fully saturated rings. The van der Waals surface area contributed by atoms with Crippen molar-refractivity contribution in [3.8, 4) is 0 Å². The van der Waals surface area contributed by atoms with Crippen LogP contribution < -0.4 is 10.6 Å². The van der Waals surface area contributed by atoms with E-state index in [2.05, 4.69) is 17.2 Å². The van der Waals surface area contributed by atoms with Gasteiger partial charge in [-0.15, -0.1) is 6.58 Å². The lowest BCUT2D eigenvalue weighted by molar-refractivity contribution is -0.116. The molecule has 0 aromatic heterocycles.